The fourth-order valence-electron chi connectivity index (χ4n) is 4.00. The molecule has 29 heavy (non-hydrogen) atoms. The van der Waals surface area contributed by atoms with Gasteiger partial charge in [0.25, 0.3) is 0 Å². The first-order valence-electron chi connectivity index (χ1n) is 10.5. The molecule has 0 bridgehead atoms. The average molecular weight is 407 g/mol. The van der Waals surface area contributed by atoms with Gasteiger partial charge in [0.2, 0.25) is 0 Å². The molecule has 0 aromatic rings. The Morgan fingerprint density at radius 1 is 1.31 bits per heavy atom. The van der Waals surface area contributed by atoms with Gasteiger partial charge in [-0.15, -0.1) is 0 Å². The predicted octanol–water partition coefficient (Wildman–Crippen LogP) is 4.05. The maximum Gasteiger partial charge on any atom is 0.410 e. The highest BCUT2D eigenvalue weighted by Gasteiger charge is 2.41. The highest BCUT2D eigenvalue weighted by molar-refractivity contribution is 5.68. The molecule has 1 fully saturated rings. The van der Waals surface area contributed by atoms with Crippen LogP contribution < -0.4 is 5.73 Å². The molecule has 4 atom stereocenters. The highest BCUT2D eigenvalue weighted by atomic mass is 16.6. The van der Waals surface area contributed by atoms with Gasteiger partial charge in [0.15, 0.2) is 0 Å². The van der Waals surface area contributed by atoms with Gasteiger partial charge in [0.1, 0.15) is 23.2 Å². The van der Waals surface area contributed by atoms with Gasteiger partial charge in [-0.25, -0.2) is 4.79 Å². The average Bonchev–Trinajstić information content (AvgIpc) is 3.04. The second kappa shape index (κ2) is 8.50. The Bertz CT molecular complexity index is 671. The van der Waals surface area contributed by atoms with Crippen LogP contribution in [-0.2, 0) is 14.3 Å². The molecule has 1 amide bonds. The third kappa shape index (κ3) is 6.33. The van der Waals surface area contributed by atoms with E-state index >= 15 is 0 Å². The minimum absolute atomic E-state index is 0.107. The van der Waals surface area contributed by atoms with E-state index in [0.29, 0.717) is 19.5 Å². The molecule has 0 saturated carbocycles. The van der Waals surface area contributed by atoms with Gasteiger partial charge < -0.3 is 24.9 Å². The Morgan fingerprint density at radius 2 is 1.97 bits per heavy atom. The van der Waals surface area contributed by atoms with Gasteiger partial charge in [-0.3, -0.25) is 0 Å². The van der Waals surface area contributed by atoms with Crippen molar-refractivity contribution in [2.45, 2.75) is 78.6 Å². The van der Waals surface area contributed by atoms with Crippen molar-refractivity contribution in [2.24, 2.45) is 23.0 Å². The summed E-state index contributed by atoms with van der Waals surface area (Å²) in [4.78, 5) is 26.1. The van der Waals surface area contributed by atoms with Crippen LogP contribution >= 0.6 is 0 Å². The van der Waals surface area contributed by atoms with Crippen molar-refractivity contribution in [3.05, 3.63) is 24.0 Å². The molecular weight excluding hydrogens is 368 g/mol. The Balaban J connectivity index is 2.04. The molecule has 1 saturated heterocycles. The summed E-state index contributed by atoms with van der Waals surface area (Å²) >= 11 is 0. The summed E-state index contributed by atoms with van der Waals surface area (Å²) in [6, 6.07) is -0.322. The lowest BCUT2D eigenvalue weighted by Crippen LogP contribution is -2.45. The SMILES string of the molecule is CC(C)(C)OC(=O)N1CC[C@H](C(C=O)CC2(C)C=CC=C(OC(C)(C)C)C2N)C1. The van der Waals surface area contributed by atoms with E-state index in [2.05, 4.69) is 13.0 Å². The van der Waals surface area contributed by atoms with Crippen LogP contribution in [0.25, 0.3) is 0 Å². The molecule has 1 aliphatic carbocycles. The smallest absolute Gasteiger partial charge is 0.410 e. The van der Waals surface area contributed by atoms with E-state index in [4.69, 9.17) is 15.2 Å². The molecule has 2 rings (SSSR count). The monoisotopic (exact) mass is 406 g/mol. The summed E-state index contributed by atoms with van der Waals surface area (Å²) in [7, 11) is 0. The van der Waals surface area contributed by atoms with Crippen molar-refractivity contribution in [3.63, 3.8) is 0 Å². The summed E-state index contributed by atoms with van der Waals surface area (Å²) in [6.45, 7) is 14.8. The quantitative estimate of drug-likeness (QED) is 0.697. The molecule has 1 aliphatic heterocycles. The molecule has 6 heteroatoms. The lowest BCUT2D eigenvalue weighted by Gasteiger charge is -2.40. The summed E-state index contributed by atoms with van der Waals surface area (Å²) in [5.41, 5.74) is 5.32. The lowest BCUT2D eigenvalue weighted by atomic mass is 9.70. The van der Waals surface area contributed by atoms with Gasteiger partial charge in [0, 0.05) is 24.4 Å². The molecule has 3 unspecified atom stereocenters. The summed E-state index contributed by atoms with van der Waals surface area (Å²) in [5, 5.41) is 0. The first-order valence-corrected chi connectivity index (χ1v) is 10.5. The molecular formula is C23H38N2O4. The van der Waals surface area contributed by atoms with Crippen molar-refractivity contribution in [1.29, 1.82) is 0 Å². The van der Waals surface area contributed by atoms with Crippen LogP contribution in [0.15, 0.2) is 24.0 Å². The van der Waals surface area contributed by atoms with Gasteiger partial charge in [-0.05, 0) is 66.4 Å². The van der Waals surface area contributed by atoms with Gasteiger partial charge in [-0.2, -0.15) is 0 Å². The summed E-state index contributed by atoms with van der Waals surface area (Å²) < 4.78 is 11.5. The fraction of sp³-hybridized carbons (Fsp3) is 0.739. The van der Waals surface area contributed by atoms with Crippen molar-refractivity contribution in [3.8, 4) is 0 Å². The summed E-state index contributed by atoms with van der Waals surface area (Å²) in [6.07, 6.45) is 8.07. The maximum atomic E-state index is 12.4. The minimum atomic E-state index is -0.526. The first kappa shape index (κ1) is 23.5. The van der Waals surface area contributed by atoms with Gasteiger partial charge >= 0.3 is 6.09 Å². The first-order chi connectivity index (χ1) is 13.2. The van der Waals surface area contributed by atoms with E-state index in [1.807, 2.05) is 53.7 Å². The molecule has 0 radical (unpaired) electrons. The second-order valence-electron chi connectivity index (χ2n) is 10.6. The Morgan fingerprint density at radius 3 is 2.52 bits per heavy atom. The number of allylic oxidation sites excluding steroid dienone is 2. The molecule has 6 nitrogen and oxygen atoms in total. The van der Waals surface area contributed by atoms with E-state index in [1.165, 1.54) is 0 Å². The maximum absolute atomic E-state index is 12.4. The van der Waals surface area contributed by atoms with Crippen LogP contribution in [0, 0.1) is 17.3 Å². The number of rotatable bonds is 5. The standard InChI is InChI=1S/C23H38N2O4/c1-21(2,3)28-18-9-8-11-23(7,19(18)24)13-17(15-26)16-10-12-25(14-16)20(27)29-22(4,5)6/h8-9,11,15-17,19H,10,12-14,24H2,1-7H3/t16-,17?,19?,23?/m0/s1. The topological polar surface area (TPSA) is 81.9 Å². The number of amides is 1. The van der Waals surface area contributed by atoms with Gasteiger partial charge in [-0.1, -0.05) is 19.1 Å². The molecule has 1 heterocycles. The van der Waals surface area contributed by atoms with Crippen LogP contribution in [0.1, 0.15) is 61.3 Å². The number of ether oxygens (including phenoxy) is 2. The number of carbonyl (C=O) groups excluding carboxylic acids is 2. The largest absolute Gasteiger partial charge is 0.491 e. The zero-order chi connectivity index (χ0) is 22.0. The Labute approximate surface area is 175 Å². The number of nitrogens with zero attached hydrogens (tertiary/aromatic N) is 1. The zero-order valence-corrected chi connectivity index (χ0v) is 19.0. The number of hydrogen-bond acceptors (Lipinski definition) is 5. The van der Waals surface area contributed by atoms with Crippen LogP contribution in [0.5, 0.6) is 0 Å². The van der Waals surface area contributed by atoms with Crippen LogP contribution in [-0.4, -0.2) is 47.6 Å². The predicted molar refractivity (Wildman–Crippen MR) is 114 cm³/mol. The Kier molecular flexibility index (Phi) is 6.88. The van der Waals surface area contributed by atoms with E-state index < -0.39 is 5.60 Å². The van der Waals surface area contributed by atoms with Crippen LogP contribution in [0.2, 0.25) is 0 Å². The van der Waals surface area contributed by atoms with Crippen LogP contribution in [0.4, 0.5) is 4.79 Å². The van der Waals surface area contributed by atoms with Crippen molar-refractivity contribution in [2.75, 3.05) is 13.1 Å². The molecule has 0 aromatic carbocycles. The van der Waals surface area contributed by atoms with E-state index in [1.54, 1.807) is 4.90 Å². The van der Waals surface area contributed by atoms with Crippen molar-refractivity contribution in [1.82, 2.24) is 4.90 Å². The molecule has 2 N–H and O–H groups in total. The van der Waals surface area contributed by atoms with E-state index in [-0.39, 0.29) is 35.0 Å². The molecule has 164 valence electrons. The Hall–Kier alpha value is -1.82. The van der Waals surface area contributed by atoms with Crippen LogP contribution in [0.3, 0.4) is 0 Å². The lowest BCUT2D eigenvalue weighted by molar-refractivity contribution is -0.113. The normalized spacial score (nSPS) is 28.7. The number of aldehydes is 1. The van der Waals surface area contributed by atoms with E-state index in [9.17, 15) is 9.59 Å². The molecule has 2 aliphatic rings. The number of likely N-dealkylation sites (tertiary alicyclic amines) is 1. The fourth-order valence-corrected chi connectivity index (χ4v) is 4.00. The third-order valence-corrected chi connectivity index (χ3v) is 5.51. The van der Waals surface area contributed by atoms with Crippen molar-refractivity contribution < 1.29 is 19.1 Å². The number of nitrogens with two attached hydrogens (primary N) is 1. The third-order valence-electron chi connectivity index (χ3n) is 5.51. The molecule has 0 aromatic heterocycles. The minimum Gasteiger partial charge on any atom is -0.491 e. The highest BCUT2D eigenvalue weighted by Crippen LogP contribution is 2.40. The molecule has 0 spiro atoms. The number of hydrogen-bond donors (Lipinski definition) is 1. The van der Waals surface area contributed by atoms with Crippen molar-refractivity contribution >= 4 is 12.4 Å². The van der Waals surface area contributed by atoms with E-state index in [0.717, 1.165) is 18.5 Å². The number of carbonyl (C=O) groups is 2. The van der Waals surface area contributed by atoms with Gasteiger partial charge in [0.05, 0.1) is 6.04 Å². The second-order valence-corrected chi connectivity index (χ2v) is 10.6. The zero-order valence-electron chi connectivity index (χ0n) is 19.0. The summed E-state index contributed by atoms with van der Waals surface area (Å²) in [5.74, 6) is 0.668.